The van der Waals surface area contributed by atoms with E-state index in [1.54, 1.807) is 0 Å². The first-order chi connectivity index (χ1) is 10.3. The molecular formula is C15H26ClN3O3. The number of amides is 2. The van der Waals surface area contributed by atoms with E-state index in [9.17, 15) is 9.59 Å². The first kappa shape index (κ1) is 17.5. The normalized spacial score (nSPS) is 29.1. The molecule has 126 valence electrons. The summed E-state index contributed by atoms with van der Waals surface area (Å²) in [5.41, 5.74) is 0. The number of carbonyl (C=O) groups is 2. The van der Waals surface area contributed by atoms with Gasteiger partial charge in [-0.1, -0.05) is 6.42 Å². The molecule has 0 radical (unpaired) electrons. The third-order valence-electron chi connectivity index (χ3n) is 4.72. The van der Waals surface area contributed by atoms with Crippen molar-refractivity contribution in [3.8, 4) is 0 Å². The van der Waals surface area contributed by atoms with Gasteiger partial charge in [-0.05, 0) is 32.2 Å². The lowest BCUT2D eigenvalue weighted by Crippen LogP contribution is -2.57. The fourth-order valence-electron chi connectivity index (χ4n) is 3.41. The fourth-order valence-corrected chi connectivity index (χ4v) is 3.41. The summed E-state index contributed by atoms with van der Waals surface area (Å²) in [6, 6.07) is -0.0147. The largest absolute Gasteiger partial charge is 0.368 e. The van der Waals surface area contributed by atoms with Crippen molar-refractivity contribution >= 4 is 24.2 Å². The highest BCUT2D eigenvalue weighted by atomic mass is 35.5. The Hall–Kier alpha value is -0.850. The van der Waals surface area contributed by atoms with Gasteiger partial charge >= 0.3 is 0 Å². The summed E-state index contributed by atoms with van der Waals surface area (Å²) >= 11 is 0. The van der Waals surface area contributed by atoms with Gasteiger partial charge in [0, 0.05) is 32.8 Å². The van der Waals surface area contributed by atoms with Crippen LogP contribution in [0.15, 0.2) is 0 Å². The molecule has 3 aliphatic rings. The number of piperidine rings is 1. The van der Waals surface area contributed by atoms with Crippen LogP contribution in [0.1, 0.15) is 32.1 Å². The predicted octanol–water partition coefficient (Wildman–Crippen LogP) is 0.400. The maximum absolute atomic E-state index is 12.4. The molecule has 6 nitrogen and oxygen atoms in total. The number of hydrogen-bond acceptors (Lipinski definition) is 4. The van der Waals surface area contributed by atoms with Crippen LogP contribution in [-0.2, 0) is 14.3 Å². The molecule has 2 unspecified atom stereocenters. The average molecular weight is 332 g/mol. The zero-order chi connectivity index (χ0) is 14.7. The summed E-state index contributed by atoms with van der Waals surface area (Å²) in [5.74, 6) is 0.314. The van der Waals surface area contributed by atoms with Crippen LogP contribution in [0.2, 0.25) is 0 Å². The topological polar surface area (TPSA) is 61.9 Å². The first-order valence-corrected chi connectivity index (χ1v) is 8.18. The second kappa shape index (κ2) is 8.13. The molecule has 22 heavy (non-hydrogen) atoms. The van der Waals surface area contributed by atoms with Gasteiger partial charge in [0.2, 0.25) is 5.91 Å². The second-order valence-corrected chi connectivity index (χ2v) is 6.15. The van der Waals surface area contributed by atoms with Crippen LogP contribution in [0, 0.1) is 0 Å². The van der Waals surface area contributed by atoms with Crippen molar-refractivity contribution in [1.29, 1.82) is 0 Å². The lowest BCUT2D eigenvalue weighted by atomic mass is 10.0. The molecule has 3 fully saturated rings. The van der Waals surface area contributed by atoms with E-state index in [0.717, 1.165) is 38.6 Å². The number of carbonyl (C=O) groups excluding carboxylic acids is 2. The highest BCUT2D eigenvalue weighted by Crippen LogP contribution is 2.17. The standard InChI is InChI=1S/C15H25N3O3.ClH/c19-14(12-4-1-2-6-16-12)17-7-9-18(10-8-17)15(20)13-5-3-11-21-13;/h12-13,16H,1-11H2;1H. The van der Waals surface area contributed by atoms with Gasteiger partial charge in [0.25, 0.3) is 5.91 Å². The zero-order valence-electron chi connectivity index (χ0n) is 13.0. The van der Waals surface area contributed by atoms with Crippen LogP contribution < -0.4 is 5.32 Å². The Morgan fingerprint density at radius 1 is 0.909 bits per heavy atom. The average Bonchev–Trinajstić information content (AvgIpc) is 3.09. The Balaban J connectivity index is 0.00000176. The molecule has 2 atom stereocenters. The van der Waals surface area contributed by atoms with Crippen LogP contribution >= 0.6 is 12.4 Å². The molecular weight excluding hydrogens is 306 g/mol. The summed E-state index contributed by atoms with van der Waals surface area (Å²) in [6.45, 7) is 4.20. The molecule has 0 aliphatic carbocycles. The van der Waals surface area contributed by atoms with E-state index in [2.05, 4.69) is 5.32 Å². The van der Waals surface area contributed by atoms with E-state index in [1.807, 2.05) is 9.80 Å². The first-order valence-electron chi connectivity index (χ1n) is 8.18. The fraction of sp³-hybridized carbons (Fsp3) is 0.867. The molecule has 7 heteroatoms. The van der Waals surface area contributed by atoms with Gasteiger partial charge in [-0.2, -0.15) is 0 Å². The van der Waals surface area contributed by atoms with Gasteiger partial charge in [0.15, 0.2) is 0 Å². The minimum Gasteiger partial charge on any atom is -0.368 e. The van der Waals surface area contributed by atoms with Crippen molar-refractivity contribution in [1.82, 2.24) is 15.1 Å². The van der Waals surface area contributed by atoms with E-state index in [1.165, 1.54) is 0 Å². The number of hydrogen-bond donors (Lipinski definition) is 1. The number of nitrogens with one attached hydrogen (secondary N) is 1. The Labute approximate surface area is 137 Å². The number of piperazine rings is 1. The van der Waals surface area contributed by atoms with Crippen LogP contribution in [0.25, 0.3) is 0 Å². The van der Waals surface area contributed by atoms with Gasteiger partial charge in [-0.3, -0.25) is 9.59 Å². The van der Waals surface area contributed by atoms with E-state index in [-0.39, 0.29) is 36.4 Å². The molecule has 3 heterocycles. The third kappa shape index (κ3) is 3.91. The summed E-state index contributed by atoms with van der Waals surface area (Å²) in [4.78, 5) is 28.4. The summed E-state index contributed by atoms with van der Waals surface area (Å²) in [6.07, 6.45) is 4.79. The van der Waals surface area contributed by atoms with E-state index in [0.29, 0.717) is 32.8 Å². The molecule has 3 saturated heterocycles. The summed E-state index contributed by atoms with van der Waals surface area (Å²) in [5, 5.41) is 3.30. The van der Waals surface area contributed by atoms with E-state index >= 15 is 0 Å². The van der Waals surface area contributed by atoms with Gasteiger partial charge in [0.1, 0.15) is 6.10 Å². The molecule has 0 aromatic heterocycles. The van der Waals surface area contributed by atoms with Gasteiger partial charge in [0.05, 0.1) is 6.04 Å². The lowest BCUT2D eigenvalue weighted by Gasteiger charge is -2.38. The molecule has 0 spiro atoms. The lowest BCUT2D eigenvalue weighted by molar-refractivity contribution is -0.146. The Morgan fingerprint density at radius 2 is 1.59 bits per heavy atom. The predicted molar refractivity (Wildman–Crippen MR) is 85.0 cm³/mol. The van der Waals surface area contributed by atoms with E-state index < -0.39 is 0 Å². The Bertz CT molecular complexity index is 387. The number of rotatable bonds is 2. The van der Waals surface area contributed by atoms with Crippen molar-refractivity contribution in [2.45, 2.75) is 44.2 Å². The Morgan fingerprint density at radius 3 is 2.14 bits per heavy atom. The highest BCUT2D eigenvalue weighted by Gasteiger charge is 2.33. The molecule has 2 amide bonds. The highest BCUT2D eigenvalue weighted by molar-refractivity contribution is 5.85. The van der Waals surface area contributed by atoms with Crippen molar-refractivity contribution in [3.63, 3.8) is 0 Å². The molecule has 3 aliphatic heterocycles. The van der Waals surface area contributed by atoms with Crippen LogP contribution in [0.3, 0.4) is 0 Å². The van der Waals surface area contributed by atoms with Crippen molar-refractivity contribution < 1.29 is 14.3 Å². The number of nitrogens with zero attached hydrogens (tertiary/aromatic N) is 2. The van der Waals surface area contributed by atoms with Gasteiger partial charge in [-0.15, -0.1) is 12.4 Å². The monoisotopic (exact) mass is 331 g/mol. The zero-order valence-corrected chi connectivity index (χ0v) is 13.8. The molecule has 0 bridgehead atoms. The Kier molecular flexibility index (Phi) is 6.47. The van der Waals surface area contributed by atoms with Crippen molar-refractivity contribution in [2.24, 2.45) is 0 Å². The van der Waals surface area contributed by atoms with Crippen LogP contribution in [0.4, 0.5) is 0 Å². The van der Waals surface area contributed by atoms with E-state index in [4.69, 9.17) is 4.74 Å². The summed E-state index contributed by atoms with van der Waals surface area (Å²) < 4.78 is 5.46. The molecule has 1 N–H and O–H groups in total. The number of ether oxygens (including phenoxy) is 1. The maximum Gasteiger partial charge on any atom is 0.251 e. The van der Waals surface area contributed by atoms with Crippen LogP contribution in [0.5, 0.6) is 0 Å². The van der Waals surface area contributed by atoms with Crippen molar-refractivity contribution in [2.75, 3.05) is 39.3 Å². The third-order valence-corrected chi connectivity index (χ3v) is 4.72. The second-order valence-electron chi connectivity index (χ2n) is 6.15. The van der Waals surface area contributed by atoms with Gasteiger partial charge < -0.3 is 19.9 Å². The SMILES string of the molecule is Cl.O=C(C1CCCCN1)N1CCN(C(=O)C2CCCO2)CC1. The summed E-state index contributed by atoms with van der Waals surface area (Å²) in [7, 11) is 0. The van der Waals surface area contributed by atoms with Crippen molar-refractivity contribution in [3.05, 3.63) is 0 Å². The molecule has 0 saturated carbocycles. The molecule has 3 rings (SSSR count). The quantitative estimate of drug-likeness (QED) is 0.795. The number of halogens is 1. The minimum atomic E-state index is -0.243. The smallest absolute Gasteiger partial charge is 0.251 e. The minimum absolute atomic E-state index is 0. The maximum atomic E-state index is 12.4. The van der Waals surface area contributed by atoms with Crippen LogP contribution in [-0.4, -0.2) is 73.1 Å². The molecule has 0 aromatic rings. The van der Waals surface area contributed by atoms with Gasteiger partial charge in [-0.25, -0.2) is 0 Å². The molecule has 0 aromatic carbocycles.